The van der Waals surface area contributed by atoms with Gasteiger partial charge in [-0.05, 0) is 104 Å². The third-order valence-corrected chi connectivity index (χ3v) is 8.69. The first-order chi connectivity index (χ1) is 17.5. The number of rotatable bonds is 6. The number of furan rings is 1. The minimum absolute atomic E-state index is 0.180. The summed E-state index contributed by atoms with van der Waals surface area (Å²) in [6.45, 7) is 0.237. The molecule has 184 valence electrons. The molecule has 36 heavy (non-hydrogen) atoms. The normalized spacial score (nSPS) is 26.4. The fourth-order valence-electron chi connectivity index (χ4n) is 7.44. The molecule has 4 fully saturated rings. The lowest BCUT2D eigenvalue weighted by Gasteiger charge is -2.57. The Balaban J connectivity index is 1.03. The lowest BCUT2D eigenvalue weighted by atomic mass is 9.48. The Kier molecular flexibility index (Phi) is 4.98. The zero-order valence-electron chi connectivity index (χ0n) is 20.5. The van der Waals surface area contributed by atoms with Gasteiger partial charge in [-0.25, -0.2) is 4.98 Å². The van der Waals surface area contributed by atoms with Crippen LogP contribution in [-0.4, -0.2) is 17.9 Å². The first kappa shape index (κ1) is 21.7. The Morgan fingerprint density at radius 2 is 1.75 bits per heavy atom. The molecule has 2 heterocycles. The molecular weight excluding hydrogens is 452 g/mol. The number of carbonyl (C=O) groups is 1. The van der Waals surface area contributed by atoms with Crippen LogP contribution in [0.25, 0.3) is 11.1 Å². The first-order valence-electron chi connectivity index (χ1n) is 13.0. The van der Waals surface area contributed by atoms with E-state index >= 15 is 0 Å². The third-order valence-electron chi connectivity index (χ3n) is 8.69. The summed E-state index contributed by atoms with van der Waals surface area (Å²) in [7, 11) is 1.68. The average molecular weight is 483 g/mol. The molecule has 4 aromatic rings. The van der Waals surface area contributed by atoms with Crippen molar-refractivity contribution in [2.24, 2.45) is 17.8 Å². The maximum atomic E-state index is 12.8. The maximum absolute atomic E-state index is 12.8. The van der Waals surface area contributed by atoms with E-state index in [0.717, 1.165) is 23.5 Å². The smallest absolute Gasteiger partial charge is 0.260 e. The Hall–Kier alpha value is -3.54. The van der Waals surface area contributed by atoms with E-state index in [2.05, 4.69) is 29.2 Å². The predicted octanol–water partition coefficient (Wildman–Crippen LogP) is 6.74. The molecule has 6 nitrogen and oxygen atoms in total. The number of oxazole rings is 1. The van der Waals surface area contributed by atoms with Gasteiger partial charge < -0.3 is 13.6 Å². The van der Waals surface area contributed by atoms with Crippen LogP contribution in [0.15, 0.2) is 69.7 Å². The minimum atomic E-state index is -0.180. The summed E-state index contributed by atoms with van der Waals surface area (Å²) in [5.41, 5.74) is 3.65. The molecule has 0 N–H and O–H groups in total. The monoisotopic (exact) mass is 482 g/mol. The molecule has 0 atom stereocenters. The Morgan fingerprint density at radius 1 is 1.03 bits per heavy atom. The van der Waals surface area contributed by atoms with Gasteiger partial charge in [-0.1, -0.05) is 12.1 Å². The second-order valence-corrected chi connectivity index (χ2v) is 11.1. The summed E-state index contributed by atoms with van der Waals surface area (Å²) in [6.07, 6.45) is 10.0. The maximum Gasteiger partial charge on any atom is 0.260 e. The lowest BCUT2D eigenvalue weighted by molar-refractivity contribution is -0.00521. The number of aromatic nitrogens is 1. The standard InChI is InChI=1S/C30H30N2O4/c1-32(28-3-2-10-34-28)29(33)22-4-9-25-26(14-22)36-27(31-25)18-35-24-7-5-23(6-8-24)30-15-19-11-20(16-30)13-21(12-19)17-30/h2-10,14,19-21H,11-13,15-18H2,1H3. The van der Waals surface area contributed by atoms with Crippen molar-refractivity contribution in [2.45, 2.75) is 50.5 Å². The second kappa shape index (κ2) is 8.26. The molecule has 2 aromatic carbocycles. The van der Waals surface area contributed by atoms with Gasteiger partial charge in [0.1, 0.15) is 11.3 Å². The van der Waals surface area contributed by atoms with Gasteiger partial charge in [0.05, 0.1) is 6.26 Å². The number of amides is 1. The Bertz CT molecular complexity index is 1370. The van der Waals surface area contributed by atoms with Crippen LogP contribution in [0.3, 0.4) is 0 Å². The van der Waals surface area contributed by atoms with Gasteiger partial charge in [0.25, 0.3) is 5.91 Å². The van der Waals surface area contributed by atoms with Crippen molar-refractivity contribution in [3.63, 3.8) is 0 Å². The molecule has 4 bridgehead atoms. The summed E-state index contributed by atoms with van der Waals surface area (Å²) >= 11 is 0. The van der Waals surface area contributed by atoms with Crippen LogP contribution in [0.5, 0.6) is 5.75 Å². The van der Waals surface area contributed by atoms with Crippen molar-refractivity contribution in [1.82, 2.24) is 4.98 Å². The molecule has 1 amide bonds. The van der Waals surface area contributed by atoms with Gasteiger partial charge in [-0.3, -0.25) is 9.69 Å². The number of fused-ring (bicyclic) bond motifs is 1. The quantitative estimate of drug-likeness (QED) is 0.304. The first-order valence-corrected chi connectivity index (χ1v) is 13.0. The zero-order valence-corrected chi connectivity index (χ0v) is 20.5. The van der Waals surface area contributed by atoms with Crippen molar-refractivity contribution in [2.75, 3.05) is 11.9 Å². The molecule has 0 aliphatic heterocycles. The Morgan fingerprint density at radius 3 is 2.42 bits per heavy atom. The molecule has 4 aliphatic carbocycles. The van der Waals surface area contributed by atoms with E-state index in [9.17, 15) is 4.79 Å². The fraction of sp³-hybridized carbons (Fsp3) is 0.400. The predicted molar refractivity (Wildman–Crippen MR) is 136 cm³/mol. The number of benzene rings is 2. The minimum Gasteiger partial charge on any atom is -0.484 e. The van der Waals surface area contributed by atoms with Crippen LogP contribution >= 0.6 is 0 Å². The lowest BCUT2D eigenvalue weighted by Crippen LogP contribution is -2.48. The number of hydrogen-bond acceptors (Lipinski definition) is 5. The summed E-state index contributed by atoms with van der Waals surface area (Å²) in [4.78, 5) is 18.8. The highest BCUT2D eigenvalue weighted by Crippen LogP contribution is 2.60. The van der Waals surface area contributed by atoms with Crippen LogP contribution in [0.2, 0.25) is 0 Å². The SMILES string of the molecule is CN(C(=O)c1ccc2nc(COc3ccc(C45CC6CC(CC(C6)C4)C5)cc3)oc2c1)c1ccco1. The van der Waals surface area contributed by atoms with Crippen LogP contribution in [0, 0.1) is 17.8 Å². The van der Waals surface area contributed by atoms with E-state index in [4.69, 9.17) is 13.6 Å². The molecule has 4 saturated carbocycles. The molecule has 0 spiro atoms. The molecular formula is C30H30N2O4. The summed E-state index contributed by atoms with van der Waals surface area (Å²) in [5.74, 6) is 4.43. The van der Waals surface area contributed by atoms with Crippen molar-refractivity contribution < 1.29 is 18.4 Å². The number of nitrogens with zero attached hydrogens (tertiary/aromatic N) is 2. The van der Waals surface area contributed by atoms with Gasteiger partial charge in [-0.2, -0.15) is 0 Å². The summed E-state index contributed by atoms with van der Waals surface area (Å²) < 4.78 is 17.2. The van der Waals surface area contributed by atoms with Crippen molar-refractivity contribution in [1.29, 1.82) is 0 Å². The number of ether oxygens (including phenoxy) is 1. The van der Waals surface area contributed by atoms with E-state index in [1.165, 1.54) is 49.0 Å². The average Bonchev–Trinajstić information content (AvgIpc) is 3.56. The van der Waals surface area contributed by atoms with Gasteiger partial charge in [0.2, 0.25) is 11.8 Å². The highest BCUT2D eigenvalue weighted by molar-refractivity contribution is 6.06. The van der Waals surface area contributed by atoms with Gasteiger partial charge in [0, 0.05) is 18.7 Å². The van der Waals surface area contributed by atoms with Crippen molar-refractivity contribution >= 4 is 22.9 Å². The second-order valence-electron chi connectivity index (χ2n) is 11.1. The largest absolute Gasteiger partial charge is 0.484 e. The van der Waals surface area contributed by atoms with Crippen LogP contribution in [-0.2, 0) is 12.0 Å². The molecule has 4 aliphatic rings. The topological polar surface area (TPSA) is 68.7 Å². The number of carbonyl (C=O) groups excluding carboxylic acids is 1. The van der Waals surface area contributed by atoms with Gasteiger partial charge in [0.15, 0.2) is 12.2 Å². The molecule has 2 aromatic heterocycles. The van der Waals surface area contributed by atoms with Gasteiger partial charge in [-0.15, -0.1) is 0 Å². The highest BCUT2D eigenvalue weighted by Gasteiger charge is 2.51. The third kappa shape index (κ3) is 3.71. The Labute approximate surface area is 210 Å². The molecule has 8 rings (SSSR count). The molecule has 0 radical (unpaired) electrons. The van der Waals surface area contributed by atoms with E-state index < -0.39 is 0 Å². The fourth-order valence-corrected chi connectivity index (χ4v) is 7.44. The number of hydrogen-bond donors (Lipinski definition) is 0. The molecule has 0 saturated heterocycles. The van der Waals surface area contributed by atoms with Crippen LogP contribution in [0.1, 0.15) is 60.3 Å². The van der Waals surface area contributed by atoms with E-state index in [0.29, 0.717) is 33.9 Å². The molecule has 0 unspecified atom stereocenters. The van der Waals surface area contributed by atoms with E-state index in [1.54, 1.807) is 43.6 Å². The van der Waals surface area contributed by atoms with Gasteiger partial charge >= 0.3 is 0 Å². The summed E-state index contributed by atoms with van der Waals surface area (Å²) in [5, 5.41) is 0. The van der Waals surface area contributed by atoms with Crippen molar-refractivity contribution in [3.8, 4) is 5.75 Å². The summed E-state index contributed by atoms with van der Waals surface area (Å²) in [6, 6.07) is 17.5. The van der Waals surface area contributed by atoms with Crippen molar-refractivity contribution in [3.05, 3.63) is 77.9 Å². The zero-order chi connectivity index (χ0) is 24.3. The molecule has 6 heteroatoms. The van der Waals surface area contributed by atoms with Crippen LogP contribution < -0.4 is 9.64 Å². The highest BCUT2D eigenvalue weighted by atomic mass is 16.5. The van der Waals surface area contributed by atoms with E-state index in [1.807, 2.05) is 0 Å². The number of anilines is 1. The van der Waals surface area contributed by atoms with E-state index in [-0.39, 0.29) is 12.5 Å². The van der Waals surface area contributed by atoms with Crippen LogP contribution in [0.4, 0.5) is 5.88 Å².